The number of aromatic nitrogens is 5. The van der Waals surface area contributed by atoms with Gasteiger partial charge in [0.15, 0.2) is 5.82 Å². The second-order valence-corrected chi connectivity index (χ2v) is 15.4. The zero-order chi connectivity index (χ0) is 40.0. The zero-order valence-corrected chi connectivity index (χ0v) is 32.9. The maximum absolute atomic E-state index is 17.1. The molecule has 2 amide bonds. The second-order valence-electron chi connectivity index (χ2n) is 15.4. The van der Waals surface area contributed by atoms with E-state index < -0.39 is 17.6 Å². The van der Waals surface area contributed by atoms with E-state index in [1.54, 1.807) is 42.5 Å². The van der Waals surface area contributed by atoms with Crippen LogP contribution in [0.1, 0.15) is 76.4 Å². The van der Waals surface area contributed by atoms with Crippen LogP contribution in [0, 0.1) is 5.82 Å². The molecule has 0 spiro atoms. The molecular formula is C43H46FN7O6. The maximum Gasteiger partial charge on any atom is 0.410 e. The van der Waals surface area contributed by atoms with E-state index in [9.17, 15) is 9.59 Å². The summed E-state index contributed by atoms with van der Waals surface area (Å²) in [6.07, 6.45) is 5.54. The molecule has 57 heavy (non-hydrogen) atoms. The van der Waals surface area contributed by atoms with Crippen LogP contribution in [0.2, 0.25) is 0 Å². The summed E-state index contributed by atoms with van der Waals surface area (Å²) in [5.41, 5.74) is 4.64. The van der Waals surface area contributed by atoms with Gasteiger partial charge in [-0.1, -0.05) is 19.1 Å². The highest BCUT2D eigenvalue weighted by Crippen LogP contribution is 2.48. The number of carbonyl (C=O) groups is 2. The molecule has 2 aliphatic rings. The first-order valence-electron chi connectivity index (χ1n) is 19.1. The van der Waals surface area contributed by atoms with Crippen molar-refractivity contribution in [1.29, 1.82) is 0 Å². The van der Waals surface area contributed by atoms with Gasteiger partial charge in [0.2, 0.25) is 12.6 Å². The Hall–Kier alpha value is -6.31. The molecule has 2 atom stereocenters. The number of benzene rings is 3. The lowest BCUT2D eigenvalue weighted by atomic mass is 10.0. The van der Waals surface area contributed by atoms with Crippen molar-refractivity contribution in [2.45, 2.75) is 71.4 Å². The number of likely N-dealkylation sites (tertiary alicyclic amines) is 1. The average molecular weight is 776 g/mol. The van der Waals surface area contributed by atoms with Gasteiger partial charge in [0.1, 0.15) is 34.5 Å². The fraction of sp³-hybridized carbons (Fsp3) is 0.349. The highest BCUT2D eigenvalue weighted by Gasteiger charge is 2.36. The van der Waals surface area contributed by atoms with Crippen LogP contribution in [0.25, 0.3) is 44.7 Å². The van der Waals surface area contributed by atoms with Gasteiger partial charge in [0.05, 0.1) is 61.8 Å². The Bertz CT molecular complexity index is 2440. The normalized spacial score (nSPS) is 16.2. The summed E-state index contributed by atoms with van der Waals surface area (Å²) in [5.74, 6) is 2.51. The molecule has 3 aromatic heterocycles. The summed E-state index contributed by atoms with van der Waals surface area (Å²) >= 11 is 0. The van der Waals surface area contributed by atoms with E-state index in [1.807, 2.05) is 80.8 Å². The molecule has 0 bridgehead atoms. The van der Waals surface area contributed by atoms with Crippen molar-refractivity contribution in [3.63, 3.8) is 0 Å². The molecule has 5 heterocycles. The summed E-state index contributed by atoms with van der Waals surface area (Å²) in [5, 5.41) is 0.406. The molecule has 3 aromatic carbocycles. The third kappa shape index (κ3) is 7.15. The molecule has 0 aliphatic carbocycles. The van der Waals surface area contributed by atoms with Crippen LogP contribution in [0.4, 0.5) is 9.18 Å². The maximum atomic E-state index is 17.1. The SMILES string of the molecule is CCCN(C=O)Cc1ncc(-c2ccc3c(c2)c(F)c2n3C(c3cc(OC)cc(OC)c3)Oc3cc(-c4cnc(C5CCCN5C(=O)OC(C)(C)C)[nH]4)ccc3-2)[nH]1. The number of aromatic amines is 2. The monoisotopic (exact) mass is 775 g/mol. The Kier molecular flexibility index (Phi) is 9.88. The number of ether oxygens (including phenoxy) is 4. The highest BCUT2D eigenvalue weighted by atomic mass is 19.1. The Morgan fingerprint density at radius 3 is 2.44 bits per heavy atom. The molecule has 0 radical (unpaired) electrons. The number of rotatable bonds is 11. The third-order valence-electron chi connectivity index (χ3n) is 10.4. The van der Waals surface area contributed by atoms with Crippen molar-refractivity contribution in [3.05, 3.63) is 90.0 Å². The number of imidazole rings is 2. The average Bonchev–Trinajstić information content (AvgIpc) is 4.03. The van der Waals surface area contributed by atoms with Gasteiger partial charge in [-0.3, -0.25) is 14.3 Å². The number of hydrogen-bond acceptors (Lipinski definition) is 8. The Balaban J connectivity index is 1.19. The number of carbonyl (C=O) groups excluding carboxylic acids is 2. The quantitative estimate of drug-likeness (QED) is 0.125. The number of amides is 2. The number of halogens is 1. The molecule has 6 aromatic rings. The van der Waals surface area contributed by atoms with Crippen LogP contribution >= 0.6 is 0 Å². The van der Waals surface area contributed by atoms with Gasteiger partial charge in [-0.15, -0.1) is 0 Å². The van der Waals surface area contributed by atoms with Crippen molar-refractivity contribution in [2.75, 3.05) is 27.3 Å². The first-order chi connectivity index (χ1) is 27.5. The Morgan fingerprint density at radius 1 is 1.00 bits per heavy atom. The van der Waals surface area contributed by atoms with Gasteiger partial charge in [-0.2, -0.15) is 0 Å². The molecular weight excluding hydrogens is 730 g/mol. The van der Waals surface area contributed by atoms with Gasteiger partial charge < -0.3 is 33.8 Å². The van der Waals surface area contributed by atoms with Gasteiger partial charge in [-0.05, 0) is 76.4 Å². The third-order valence-corrected chi connectivity index (χ3v) is 10.4. The van der Waals surface area contributed by atoms with Gasteiger partial charge in [0, 0.05) is 46.8 Å². The number of fused-ring (bicyclic) bond motifs is 5. The van der Waals surface area contributed by atoms with Crippen molar-refractivity contribution < 1.29 is 32.9 Å². The van der Waals surface area contributed by atoms with Crippen molar-refractivity contribution >= 4 is 23.4 Å². The standard InChI is InChI=1S/C43H46FN7O6/c1-7-14-49(24-52)23-37-45-21-32(47-37)25-11-13-34-31(18-25)38(44)39-30-12-10-26(19-36(30)56-41(51(34)39)27-16-28(54-5)20-29(17-27)55-6)33-22-46-40(48-33)35-9-8-15-50(35)42(53)57-43(2,3)4/h10-13,16-22,24,35,41H,7-9,14-15,23H2,1-6H3,(H,45,47)(H,46,48). The predicted octanol–water partition coefficient (Wildman–Crippen LogP) is 8.62. The van der Waals surface area contributed by atoms with E-state index in [-0.39, 0.29) is 12.1 Å². The minimum atomic E-state index is -0.797. The second kappa shape index (κ2) is 15.0. The number of methoxy groups -OCH3 is 2. The first kappa shape index (κ1) is 37.6. The largest absolute Gasteiger partial charge is 0.497 e. The van der Waals surface area contributed by atoms with Crippen LogP contribution in [0.5, 0.6) is 17.2 Å². The van der Waals surface area contributed by atoms with Crippen LogP contribution in [0.3, 0.4) is 0 Å². The summed E-state index contributed by atoms with van der Waals surface area (Å²) in [4.78, 5) is 43.9. The Labute approximate surface area is 329 Å². The fourth-order valence-electron chi connectivity index (χ4n) is 7.76. The van der Waals surface area contributed by atoms with E-state index >= 15 is 4.39 Å². The lowest BCUT2D eigenvalue weighted by Crippen LogP contribution is -2.36. The fourth-order valence-corrected chi connectivity index (χ4v) is 7.76. The Morgan fingerprint density at radius 2 is 1.72 bits per heavy atom. The molecule has 1 fully saturated rings. The van der Waals surface area contributed by atoms with E-state index in [0.717, 1.165) is 42.5 Å². The molecule has 13 nitrogen and oxygen atoms in total. The summed E-state index contributed by atoms with van der Waals surface area (Å²) in [6, 6.07) is 16.5. The van der Waals surface area contributed by atoms with Crippen LogP contribution in [0.15, 0.2) is 67.0 Å². The van der Waals surface area contributed by atoms with Crippen LogP contribution in [-0.2, 0) is 16.1 Å². The van der Waals surface area contributed by atoms with Gasteiger partial charge >= 0.3 is 6.09 Å². The number of nitrogens with zero attached hydrogens (tertiary/aromatic N) is 5. The minimum absolute atomic E-state index is 0.245. The molecule has 8 rings (SSSR count). The molecule has 0 saturated carbocycles. The van der Waals surface area contributed by atoms with E-state index in [1.165, 1.54) is 0 Å². The summed E-state index contributed by atoms with van der Waals surface area (Å²) in [7, 11) is 3.16. The molecule has 1 saturated heterocycles. The molecule has 14 heteroatoms. The van der Waals surface area contributed by atoms with Crippen molar-refractivity contribution in [2.24, 2.45) is 0 Å². The van der Waals surface area contributed by atoms with Crippen molar-refractivity contribution in [1.82, 2.24) is 34.3 Å². The summed E-state index contributed by atoms with van der Waals surface area (Å²) in [6.45, 7) is 9.13. The zero-order valence-electron chi connectivity index (χ0n) is 32.9. The molecule has 296 valence electrons. The number of hydrogen-bond donors (Lipinski definition) is 2. The predicted molar refractivity (Wildman–Crippen MR) is 212 cm³/mol. The number of H-pyrrole nitrogens is 2. The topological polar surface area (TPSA) is 140 Å². The van der Waals surface area contributed by atoms with Crippen LogP contribution in [-0.4, -0.2) is 79.7 Å². The number of nitrogens with one attached hydrogen (secondary N) is 2. The molecule has 2 unspecified atom stereocenters. The molecule has 2 aliphatic heterocycles. The van der Waals surface area contributed by atoms with Crippen LogP contribution < -0.4 is 14.2 Å². The lowest BCUT2D eigenvalue weighted by Gasteiger charge is -2.31. The van der Waals surface area contributed by atoms with Gasteiger partial charge in [0.25, 0.3) is 0 Å². The molecule has 2 N–H and O–H groups in total. The van der Waals surface area contributed by atoms with E-state index in [0.29, 0.717) is 81.9 Å². The minimum Gasteiger partial charge on any atom is -0.497 e. The lowest BCUT2D eigenvalue weighted by molar-refractivity contribution is -0.118. The highest BCUT2D eigenvalue weighted by molar-refractivity contribution is 5.93. The van der Waals surface area contributed by atoms with Gasteiger partial charge in [-0.25, -0.2) is 19.2 Å². The van der Waals surface area contributed by atoms with E-state index in [4.69, 9.17) is 23.9 Å². The van der Waals surface area contributed by atoms with Crippen molar-refractivity contribution in [3.8, 4) is 51.0 Å². The summed E-state index contributed by atoms with van der Waals surface area (Å²) < 4.78 is 42.8. The van der Waals surface area contributed by atoms with E-state index in [2.05, 4.69) is 15.0 Å². The smallest absolute Gasteiger partial charge is 0.410 e. The first-order valence-corrected chi connectivity index (χ1v) is 19.1.